The van der Waals surface area contributed by atoms with Gasteiger partial charge in [0.15, 0.2) is 5.96 Å². The summed E-state index contributed by atoms with van der Waals surface area (Å²) < 4.78 is 16.9. The van der Waals surface area contributed by atoms with Crippen LogP contribution in [0.3, 0.4) is 0 Å². The molecular weight excluding hydrogens is 368 g/mol. The van der Waals surface area contributed by atoms with E-state index in [0.29, 0.717) is 39.5 Å². The number of nitrogens with one attached hydrogen (secondary N) is 2. The first-order chi connectivity index (χ1) is 14.2. The summed E-state index contributed by atoms with van der Waals surface area (Å²) in [6, 6.07) is 8.10. The predicted molar refractivity (Wildman–Crippen MR) is 120 cm³/mol. The fraction of sp³-hybridized carbons (Fsp3) is 0.682. The van der Waals surface area contributed by atoms with Gasteiger partial charge in [-0.2, -0.15) is 0 Å². The Morgan fingerprint density at radius 3 is 2.52 bits per heavy atom. The summed E-state index contributed by atoms with van der Waals surface area (Å²) in [5, 5.41) is 6.56. The van der Waals surface area contributed by atoms with Crippen molar-refractivity contribution in [3.05, 3.63) is 29.8 Å². The molecule has 1 aromatic carbocycles. The van der Waals surface area contributed by atoms with Crippen LogP contribution in [0.2, 0.25) is 0 Å². The van der Waals surface area contributed by atoms with Crippen LogP contribution in [0, 0.1) is 0 Å². The molecule has 0 saturated heterocycles. The van der Waals surface area contributed by atoms with Crippen molar-refractivity contribution in [2.75, 3.05) is 66.8 Å². The molecular formula is C22H40N4O3. The highest BCUT2D eigenvalue weighted by Gasteiger charge is 2.00. The first kappa shape index (κ1) is 25.2. The number of benzene rings is 1. The Hall–Kier alpha value is -1.83. The summed E-state index contributed by atoms with van der Waals surface area (Å²) in [6.07, 6.45) is 2.26. The average Bonchev–Trinajstić information content (AvgIpc) is 2.70. The van der Waals surface area contributed by atoms with Gasteiger partial charge in [0.2, 0.25) is 0 Å². The number of rotatable bonds is 16. The Labute approximate surface area is 176 Å². The number of ether oxygens (including phenoxy) is 3. The van der Waals surface area contributed by atoms with Crippen molar-refractivity contribution in [2.24, 2.45) is 4.99 Å². The molecule has 0 aliphatic rings. The number of guanidine groups is 1. The molecule has 0 aromatic heterocycles. The maximum atomic E-state index is 5.80. The molecule has 0 bridgehead atoms. The Balaban J connectivity index is 2.32. The van der Waals surface area contributed by atoms with E-state index in [0.717, 1.165) is 49.8 Å². The number of nitrogens with zero attached hydrogens (tertiary/aromatic N) is 2. The molecule has 0 fully saturated rings. The van der Waals surface area contributed by atoms with Gasteiger partial charge in [-0.25, -0.2) is 4.99 Å². The van der Waals surface area contributed by atoms with Gasteiger partial charge in [-0.05, 0) is 45.1 Å². The number of hydrogen-bond acceptors (Lipinski definition) is 5. The molecule has 0 aliphatic carbocycles. The quantitative estimate of drug-likeness (QED) is 0.249. The van der Waals surface area contributed by atoms with Crippen molar-refractivity contribution in [3.63, 3.8) is 0 Å². The van der Waals surface area contributed by atoms with Crippen LogP contribution in [0.4, 0.5) is 0 Å². The van der Waals surface area contributed by atoms with Crippen LogP contribution >= 0.6 is 0 Å². The molecule has 7 heteroatoms. The van der Waals surface area contributed by atoms with E-state index in [1.54, 1.807) is 0 Å². The lowest BCUT2D eigenvalue weighted by Gasteiger charge is -2.13. The SMILES string of the molecule is CCCCOCCOCCNC(=NCc1cccc(OCCN(C)C)c1)NCC. The number of likely N-dealkylation sites (N-methyl/N-ethyl adjacent to an activating group) is 1. The van der Waals surface area contributed by atoms with Crippen LogP contribution in [-0.4, -0.2) is 77.6 Å². The molecule has 0 spiro atoms. The van der Waals surface area contributed by atoms with Gasteiger partial charge in [0.25, 0.3) is 0 Å². The Kier molecular flexibility index (Phi) is 14.8. The highest BCUT2D eigenvalue weighted by Crippen LogP contribution is 2.14. The maximum absolute atomic E-state index is 5.80. The third-order valence-electron chi connectivity index (χ3n) is 4.02. The first-order valence-electron chi connectivity index (χ1n) is 10.7. The van der Waals surface area contributed by atoms with E-state index in [4.69, 9.17) is 14.2 Å². The zero-order valence-corrected chi connectivity index (χ0v) is 18.7. The van der Waals surface area contributed by atoms with Crippen LogP contribution in [0.5, 0.6) is 5.75 Å². The molecule has 0 radical (unpaired) electrons. The maximum Gasteiger partial charge on any atom is 0.191 e. The second-order valence-electron chi connectivity index (χ2n) is 7.00. The minimum absolute atomic E-state index is 0.590. The van der Waals surface area contributed by atoms with Gasteiger partial charge >= 0.3 is 0 Å². The summed E-state index contributed by atoms with van der Waals surface area (Å²) in [6.45, 7) is 10.6. The van der Waals surface area contributed by atoms with Crippen molar-refractivity contribution in [3.8, 4) is 5.75 Å². The van der Waals surface area contributed by atoms with Crippen LogP contribution in [0.15, 0.2) is 29.3 Å². The summed E-state index contributed by atoms with van der Waals surface area (Å²) in [4.78, 5) is 6.75. The van der Waals surface area contributed by atoms with Gasteiger partial charge in [0.1, 0.15) is 12.4 Å². The van der Waals surface area contributed by atoms with Gasteiger partial charge in [0.05, 0.1) is 26.4 Å². The zero-order valence-electron chi connectivity index (χ0n) is 18.7. The molecule has 0 saturated carbocycles. The lowest BCUT2D eigenvalue weighted by molar-refractivity contribution is 0.0487. The fourth-order valence-electron chi connectivity index (χ4n) is 2.40. The van der Waals surface area contributed by atoms with E-state index in [1.165, 1.54) is 0 Å². The van der Waals surface area contributed by atoms with Crippen molar-refractivity contribution in [1.82, 2.24) is 15.5 Å². The van der Waals surface area contributed by atoms with Gasteiger partial charge in [-0.1, -0.05) is 25.5 Å². The third-order valence-corrected chi connectivity index (χ3v) is 4.02. The number of aliphatic imine (C=N–C) groups is 1. The van der Waals surface area contributed by atoms with Gasteiger partial charge in [-0.15, -0.1) is 0 Å². The summed E-state index contributed by atoms with van der Waals surface area (Å²) in [5.41, 5.74) is 1.12. The molecule has 2 N–H and O–H groups in total. The third kappa shape index (κ3) is 13.9. The topological polar surface area (TPSA) is 67.3 Å². The van der Waals surface area contributed by atoms with Crippen LogP contribution in [-0.2, 0) is 16.0 Å². The first-order valence-corrected chi connectivity index (χ1v) is 10.7. The van der Waals surface area contributed by atoms with E-state index in [9.17, 15) is 0 Å². The Morgan fingerprint density at radius 2 is 1.79 bits per heavy atom. The zero-order chi connectivity index (χ0) is 21.2. The summed E-state index contributed by atoms with van der Waals surface area (Å²) in [7, 11) is 4.08. The minimum Gasteiger partial charge on any atom is -0.492 e. The second kappa shape index (κ2) is 17.1. The van der Waals surface area contributed by atoms with E-state index in [2.05, 4.69) is 40.4 Å². The molecule has 0 heterocycles. The Bertz CT molecular complexity index is 553. The summed E-state index contributed by atoms with van der Waals surface area (Å²) in [5.74, 6) is 1.67. The van der Waals surface area contributed by atoms with Gasteiger partial charge < -0.3 is 29.7 Å². The van der Waals surface area contributed by atoms with Crippen molar-refractivity contribution in [1.29, 1.82) is 0 Å². The Morgan fingerprint density at radius 1 is 1.00 bits per heavy atom. The molecule has 0 amide bonds. The number of unbranched alkanes of at least 4 members (excludes halogenated alkanes) is 1. The van der Waals surface area contributed by atoms with E-state index in [1.807, 2.05) is 32.3 Å². The molecule has 1 rings (SSSR count). The van der Waals surface area contributed by atoms with Crippen LogP contribution in [0.1, 0.15) is 32.3 Å². The van der Waals surface area contributed by atoms with Crippen molar-refractivity contribution in [2.45, 2.75) is 33.2 Å². The second-order valence-corrected chi connectivity index (χ2v) is 7.00. The van der Waals surface area contributed by atoms with Crippen LogP contribution in [0.25, 0.3) is 0 Å². The highest BCUT2D eigenvalue weighted by molar-refractivity contribution is 5.79. The van der Waals surface area contributed by atoms with Crippen molar-refractivity contribution < 1.29 is 14.2 Å². The average molecular weight is 409 g/mol. The molecule has 0 unspecified atom stereocenters. The largest absolute Gasteiger partial charge is 0.492 e. The van der Waals surface area contributed by atoms with Crippen LogP contribution < -0.4 is 15.4 Å². The van der Waals surface area contributed by atoms with E-state index >= 15 is 0 Å². The smallest absolute Gasteiger partial charge is 0.191 e. The molecule has 1 aromatic rings. The molecule has 166 valence electrons. The standard InChI is InChI=1S/C22H40N4O3/c1-5-7-13-27-16-17-28-14-11-24-22(23-6-2)25-19-20-9-8-10-21(18-20)29-15-12-26(3)4/h8-10,18H,5-7,11-17,19H2,1-4H3,(H2,23,24,25). The predicted octanol–water partition coefficient (Wildman–Crippen LogP) is 2.52. The van der Waals surface area contributed by atoms with E-state index in [-0.39, 0.29) is 0 Å². The monoisotopic (exact) mass is 408 g/mol. The lowest BCUT2D eigenvalue weighted by atomic mass is 10.2. The lowest BCUT2D eigenvalue weighted by Crippen LogP contribution is -2.39. The number of hydrogen-bond donors (Lipinski definition) is 2. The summed E-state index contributed by atoms with van der Waals surface area (Å²) >= 11 is 0. The van der Waals surface area contributed by atoms with Gasteiger partial charge in [0, 0.05) is 26.2 Å². The molecule has 29 heavy (non-hydrogen) atoms. The molecule has 0 atom stereocenters. The normalized spacial score (nSPS) is 11.7. The van der Waals surface area contributed by atoms with Crippen molar-refractivity contribution >= 4 is 5.96 Å². The fourth-order valence-corrected chi connectivity index (χ4v) is 2.40. The molecule has 7 nitrogen and oxygen atoms in total. The minimum atomic E-state index is 0.590. The van der Waals surface area contributed by atoms with Gasteiger partial charge in [-0.3, -0.25) is 0 Å². The van der Waals surface area contributed by atoms with E-state index < -0.39 is 0 Å². The highest BCUT2D eigenvalue weighted by atomic mass is 16.5. The molecule has 0 aliphatic heterocycles.